The Kier molecular flexibility index (Phi) is 4.05. The van der Waals surface area contributed by atoms with Crippen molar-refractivity contribution in [2.45, 2.75) is 18.7 Å². The Bertz CT molecular complexity index is 515. The van der Waals surface area contributed by atoms with Crippen molar-refractivity contribution in [3.8, 4) is 0 Å². The van der Waals surface area contributed by atoms with Gasteiger partial charge in [0.15, 0.2) is 0 Å². The molecule has 0 bridgehead atoms. The van der Waals surface area contributed by atoms with Crippen molar-refractivity contribution in [3.63, 3.8) is 0 Å². The predicted octanol–water partition coefficient (Wildman–Crippen LogP) is 5.55. The molecule has 0 aromatic heterocycles. The molecule has 0 spiro atoms. The summed E-state index contributed by atoms with van der Waals surface area (Å²) in [5, 5.41) is 0. The Hall–Kier alpha value is -0.600. The van der Waals surface area contributed by atoms with Crippen LogP contribution in [0.1, 0.15) is 27.1 Å². The summed E-state index contributed by atoms with van der Waals surface area (Å²) in [4.78, 5) is 0.234. The van der Waals surface area contributed by atoms with E-state index in [-0.39, 0.29) is 4.83 Å². The Morgan fingerprint density at radius 2 is 1.47 bits per heavy atom. The van der Waals surface area contributed by atoms with Gasteiger partial charge in [-0.25, -0.2) is 0 Å². The van der Waals surface area contributed by atoms with Crippen molar-refractivity contribution in [1.82, 2.24) is 0 Å². The molecule has 0 heterocycles. The van der Waals surface area contributed by atoms with Crippen LogP contribution in [0.15, 0.2) is 46.9 Å². The molecule has 0 saturated carbocycles. The summed E-state index contributed by atoms with van der Waals surface area (Å²) in [5.41, 5.74) is 5.10. The maximum atomic E-state index is 3.76. The summed E-state index contributed by atoms with van der Waals surface area (Å²) in [6, 6.07) is 15.1. The van der Waals surface area contributed by atoms with Crippen molar-refractivity contribution >= 4 is 31.9 Å². The first-order valence-electron chi connectivity index (χ1n) is 5.54. The zero-order valence-electron chi connectivity index (χ0n) is 9.87. The molecule has 17 heavy (non-hydrogen) atoms. The molecule has 0 aliphatic carbocycles. The topological polar surface area (TPSA) is 0 Å². The number of aryl methyl sites for hydroxylation is 2. The fraction of sp³-hybridized carbons (Fsp3) is 0.200. The number of benzene rings is 2. The fourth-order valence-corrected chi connectivity index (χ4v) is 3.49. The van der Waals surface area contributed by atoms with Crippen LogP contribution in [0.4, 0.5) is 0 Å². The molecule has 0 amide bonds. The molecule has 2 heteroatoms. The van der Waals surface area contributed by atoms with E-state index in [1.165, 1.54) is 22.3 Å². The number of halogens is 2. The Balaban J connectivity index is 2.36. The minimum Gasteiger partial charge on any atom is -0.0786 e. The lowest BCUT2D eigenvalue weighted by molar-refractivity contribution is 1.15. The van der Waals surface area contributed by atoms with Crippen LogP contribution < -0.4 is 0 Å². The van der Waals surface area contributed by atoms with Gasteiger partial charge >= 0.3 is 0 Å². The normalized spacial score (nSPS) is 12.5. The highest BCUT2D eigenvalue weighted by molar-refractivity contribution is 9.11. The van der Waals surface area contributed by atoms with E-state index in [4.69, 9.17) is 0 Å². The number of hydrogen-bond acceptors (Lipinski definition) is 0. The highest BCUT2D eigenvalue weighted by Crippen LogP contribution is 2.35. The van der Waals surface area contributed by atoms with E-state index in [2.05, 4.69) is 88.2 Å². The smallest absolute Gasteiger partial charge is 0.0655 e. The van der Waals surface area contributed by atoms with Gasteiger partial charge in [-0.3, -0.25) is 0 Å². The molecule has 0 aliphatic heterocycles. The van der Waals surface area contributed by atoms with Crippen molar-refractivity contribution < 1.29 is 0 Å². The number of rotatable bonds is 2. The number of hydrogen-bond donors (Lipinski definition) is 0. The second-order valence-corrected chi connectivity index (χ2v) is 6.07. The monoisotopic (exact) mass is 352 g/mol. The average molecular weight is 354 g/mol. The molecule has 88 valence electrons. The molecule has 0 radical (unpaired) electrons. The molecule has 0 nitrogen and oxygen atoms in total. The summed E-state index contributed by atoms with van der Waals surface area (Å²) >= 11 is 7.39. The maximum Gasteiger partial charge on any atom is 0.0655 e. The van der Waals surface area contributed by atoms with Crippen molar-refractivity contribution in [2.24, 2.45) is 0 Å². The SMILES string of the molecule is Cc1ccc(C(Br)c2ccc(C)cc2Br)cc1. The zero-order valence-corrected chi connectivity index (χ0v) is 13.0. The Morgan fingerprint density at radius 1 is 0.882 bits per heavy atom. The maximum absolute atomic E-state index is 3.76. The largest absolute Gasteiger partial charge is 0.0786 e. The third-order valence-corrected chi connectivity index (χ3v) is 4.51. The molecular formula is C15H14Br2. The van der Waals surface area contributed by atoms with Crippen LogP contribution in [0.3, 0.4) is 0 Å². The quantitative estimate of drug-likeness (QED) is 0.621. The minimum atomic E-state index is 0.234. The highest BCUT2D eigenvalue weighted by atomic mass is 79.9. The molecule has 0 N–H and O–H groups in total. The van der Waals surface area contributed by atoms with E-state index in [0.29, 0.717) is 0 Å². The van der Waals surface area contributed by atoms with E-state index in [9.17, 15) is 0 Å². The van der Waals surface area contributed by atoms with Gasteiger partial charge < -0.3 is 0 Å². The zero-order chi connectivity index (χ0) is 12.4. The predicted molar refractivity (Wildman–Crippen MR) is 80.8 cm³/mol. The molecule has 0 saturated heterocycles. The molecule has 0 fully saturated rings. The van der Waals surface area contributed by atoms with Gasteiger partial charge in [0, 0.05) is 4.47 Å². The van der Waals surface area contributed by atoms with Crippen LogP contribution in [0.5, 0.6) is 0 Å². The Labute approximate surface area is 119 Å². The van der Waals surface area contributed by atoms with Crippen molar-refractivity contribution in [1.29, 1.82) is 0 Å². The summed E-state index contributed by atoms with van der Waals surface area (Å²) in [6.45, 7) is 4.21. The molecular weight excluding hydrogens is 340 g/mol. The lowest BCUT2D eigenvalue weighted by Crippen LogP contribution is -1.94. The first-order chi connectivity index (χ1) is 8.08. The molecule has 0 aliphatic rings. The summed E-state index contributed by atoms with van der Waals surface area (Å²) < 4.78 is 1.15. The van der Waals surface area contributed by atoms with Gasteiger partial charge in [0.05, 0.1) is 4.83 Å². The Morgan fingerprint density at radius 3 is 2.06 bits per heavy atom. The summed E-state index contributed by atoms with van der Waals surface area (Å²) in [6.07, 6.45) is 0. The van der Waals surface area contributed by atoms with Gasteiger partial charge in [-0.15, -0.1) is 0 Å². The first kappa shape index (κ1) is 12.8. The van der Waals surface area contributed by atoms with E-state index in [0.717, 1.165) is 4.47 Å². The molecule has 1 atom stereocenters. The van der Waals surface area contributed by atoms with Gasteiger partial charge in [-0.1, -0.05) is 73.8 Å². The molecule has 2 rings (SSSR count). The van der Waals surface area contributed by atoms with E-state index < -0.39 is 0 Å². The van der Waals surface area contributed by atoms with Gasteiger partial charge in [0.2, 0.25) is 0 Å². The third-order valence-electron chi connectivity index (χ3n) is 2.80. The minimum absolute atomic E-state index is 0.234. The average Bonchev–Trinajstić information content (AvgIpc) is 2.29. The van der Waals surface area contributed by atoms with Crippen molar-refractivity contribution in [3.05, 3.63) is 69.2 Å². The standard InChI is InChI=1S/C15H14Br2/c1-10-3-6-12(7-4-10)15(17)13-8-5-11(2)9-14(13)16/h3-9,15H,1-2H3. The van der Waals surface area contributed by atoms with Crippen LogP contribution in [0.2, 0.25) is 0 Å². The van der Waals surface area contributed by atoms with Gasteiger partial charge in [-0.2, -0.15) is 0 Å². The van der Waals surface area contributed by atoms with E-state index in [1.807, 2.05) is 0 Å². The summed E-state index contributed by atoms with van der Waals surface area (Å²) in [5.74, 6) is 0. The lowest BCUT2D eigenvalue weighted by Gasteiger charge is -2.13. The van der Waals surface area contributed by atoms with E-state index >= 15 is 0 Å². The van der Waals surface area contributed by atoms with Crippen molar-refractivity contribution in [2.75, 3.05) is 0 Å². The van der Waals surface area contributed by atoms with Gasteiger partial charge in [0.1, 0.15) is 0 Å². The molecule has 1 unspecified atom stereocenters. The van der Waals surface area contributed by atoms with Crippen LogP contribution in [0.25, 0.3) is 0 Å². The fourth-order valence-electron chi connectivity index (χ4n) is 1.75. The first-order valence-corrected chi connectivity index (χ1v) is 7.25. The summed E-state index contributed by atoms with van der Waals surface area (Å²) in [7, 11) is 0. The van der Waals surface area contributed by atoms with Crippen LogP contribution in [0, 0.1) is 13.8 Å². The molecule has 2 aromatic carbocycles. The number of alkyl halides is 1. The van der Waals surface area contributed by atoms with Gasteiger partial charge in [-0.05, 0) is 36.6 Å². The van der Waals surface area contributed by atoms with Crippen LogP contribution in [-0.2, 0) is 0 Å². The highest BCUT2D eigenvalue weighted by Gasteiger charge is 2.13. The van der Waals surface area contributed by atoms with E-state index in [1.54, 1.807) is 0 Å². The van der Waals surface area contributed by atoms with Crippen LogP contribution >= 0.6 is 31.9 Å². The second kappa shape index (κ2) is 5.36. The third kappa shape index (κ3) is 2.99. The van der Waals surface area contributed by atoms with Gasteiger partial charge in [0.25, 0.3) is 0 Å². The second-order valence-electron chi connectivity index (χ2n) is 4.30. The van der Waals surface area contributed by atoms with Crippen LogP contribution in [-0.4, -0.2) is 0 Å². The molecule has 2 aromatic rings. The lowest BCUT2D eigenvalue weighted by atomic mass is 10.0.